The average molecular weight is 379 g/mol. The van der Waals surface area contributed by atoms with E-state index in [4.69, 9.17) is 9.47 Å². The Morgan fingerprint density at radius 3 is 2.92 bits per heavy atom. The fraction of sp³-hybridized carbons (Fsp3) is 0.632. The topological polar surface area (TPSA) is 49.3 Å². The van der Waals surface area contributed by atoms with Gasteiger partial charge in [0, 0.05) is 25.0 Å². The van der Waals surface area contributed by atoms with E-state index in [0.717, 1.165) is 31.1 Å². The quantitative estimate of drug-likeness (QED) is 0.526. The molecule has 0 bridgehead atoms. The molecule has 0 saturated carbocycles. The summed E-state index contributed by atoms with van der Waals surface area (Å²) in [5, 5.41) is 1.95. The largest absolute Gasteiger partial charge is 0.494 e. The number of hydrogen-bond acceptors (Lipinski definition) is 7. The summed E-state index contributed by atoms with van der Waals surface area (Å²) in [6, 6.07) is 9.19. The first-order chi connectivity index (χ1) is 12.8. The van der Waals surface area contributed by atoms with Gasteiger partial charge in [-0.05, 0) is 57.0 Å². The van der Waals surface area contributed by atoms with Crippen molar-refractivity contribution in [2.75, 3.05) is 38.7 Å². The summed E-state index contributed by atoms with van der Waals surface area (Å²) < 4.78 is 15.7. The predicted octanol–water partition coefficient (Wildman–Crippen LogP) is 3.26. The highest BCUT2D eigenvalue weighted by molar-refractivity contribution is 7.98. The molecule has 7 heteroatoms. The van der Waals surface area contributed by atoms with Gasteiger partial charge in [-0.1, -0.05) is 18.6 Å². The van der Waals surface area contributed by atoms with Crippen molar-refractivity contribution in [3.63, 3.8) is 0 Å². The first kappa shape index (κ1) is 19.3. The lowest BCUT2D eigenvalue weighted by molar-refractivity contribution is 0.217. The van der Waals surface area contributed by atoms with E-state index in [1.165, 1.54) is 49.9 Å². The molecule has 2 aliphatic rings. The Kier molecular flexibility index (Phi) is 7.91. The van der Waals surface area contributed by atoms with Crippen LogP contribution in [-0.2, 0) is 11.3 Å². The predicted molar refractivity (Wildman–Crippen MR) is 107 cm³/mol. The van der Waals surface area contributed by atoms with E-state index in [1.54, 1.807) is 0 Å². The van der Waals surface area contributed by atoms with Crippen LogP contribution in [0.25, 0.3) is 0 Å². The number of nitrogens with zero attached hydrogens (tertiary/aromatic N) is 3. The molecule has 1 saturated heterocycles. The molecular weight excluding hydrogens is 348 g/mol. The number of hydrazine groups is 1. The van der Waals surface area contributed by atoms with Gasteiger partial charge < -0.3 is 9.47 Å². The summed E-state index contributed by atoms with van der Waals surface area (Å²) in [7, 11) is 0. The number of benzene rings is 1. The fourth-order valence-corrected chi connectivity index (χ4v) is 3.82. The monoisotopic (exact) mass is 378 g/mol. The molecule has 6 nitrogen and oxygen atoms in total. The summed E-state index contributed by atoms with van der Waals surface area (Å²) in [5.41, 5.74) is 4.68. The van der Waals surface area contributed by atoms with Crippen LogP contribution in [-0.4, -0.2) is 54.7 Å². The van der Waals surface area contributed by atoms with Gasteiger partial charge in [-0.3, -0.25) is 4.90 Å². The Labute approximate surface area is 161 Å². The van der Waals surface area contributed by atoms with Crippen LogP contribution in [0.15, 0.2) is 28.7 Å². The van der Waals surface area contributed by atoms with Crippen LogP contribution in [0.1, 0.15) is 38.2 Å². The maximum atomic E-state index is 5.93. The molecule has 2 heterocycles. The molecule has 3 rings (SSSR count). The fourth-order valence-electron chi connectivity index (χ4n) is 3.18. The minimum absolute atomic E-state index is 0.633. The van der Waals surface area contributed by atoms with E-state index in [1.807, 2.05) is 18.0 Å². The minimum Gasteiger partial charge on any atom is -0.494 e. The van der Waals surface area contributed by atoms with Gasteiger partial charge in [0.15, 0.2) is 0 Å². The van der Waals surface area contributed by atoms with Crippen molar-refractivity contribution in [3.05, 3.63) is 29.8 Å². The average Bonchev–Trinajstić information content (AvgIpc) is 3.10. The van der Waals surface area contributed by atoms with Crippen LogP contribution in [0.5, 0.6) is 5.75 Å². The lowest BCUT2D eigenvalue weighted by atomic mass is 10.1. The van der Waals surface area contributed by atoms with Crippen molar-refractivity contribution in [1.82, 2.24) is 15.3 Å². The van der Waals surface area contributed by atoms with E-state index >= 15 is 0 Å². The van der Waals surface area contributed by atoms with E-state index in [9.17, 15) is 0 Å². The lowest BCUT2D eigenvalue weighted by Crippen LogP contribution is -2.42. The summed E-state index contributed by atoms with van der Waals surface area (Å²) in [6.07, 6.45) is 4.96. The van der Waals surface area contributed by atoms with Gasteiger partial charge >= 0.3 is 6.02 Å². The van der Waals surface area contributed by atoms with Crippen LogP contribution < -0.4 is 10.2 Å². The van der Waals surface area contributed by atoms with Crippen LogP contribution in [0, 0.1) is 0 Å². The number of rotatable bonds is 9. The second-order valence-corrected chi connectivity index (χ2v) is 7.29. The van der Waals surface area contributed by atoms with Gasteiger partial charge in [0.05, 0.1) is 13.2 Å². The summed E-state index contributed by atoms with van der Waals surface area (Å²) >= 11 is 1.50. The lowest BCUT2D eigenvalue weighted by Gasteiger charge is -2.26. The summed E-state index contributed by atoms with van der Waals surface area (Å²) in [5.74, 6) is 1.75. The molecule has 1 aromatic carbocycles. The van der Waals surface area contributed by atoms with Gasteiger partial charge in [0.1, 0.15) is 11.6 Å². The van der Waals surface area contributed by atoms with Gasteiger partial charge in [-0.25, -0.2) is 10.4 Å². The molecule has 1 N–H and O–H groups in total. The third kappa shape index (κ3) is 6.07. The maximum Gasteiger partial charge on any atom is 0.314 e. The minimum atomic E-state index is 0.633. The molecule has 144 valence electrons. The molecule has 2 aliphatic heterocycles. The van der Waals surface area contributed by atoms with Gasteiger partial charge in [0.25, 0.3) is 0 Å². The molecular formula is C19H30N4O2S. The van der Waals surface area contributed by atoms with Crippen molar-refractivity contribution in [3.8, 4) is 5.75 Å². The van der Waals surface area contributed by atoms with Crippen molar-refractivity contribution < 1.29 is 9.47 Å². The van der Waals surface area contributed by atoms with Crippen LogP contribution in [0.4, 0.5) is 0 Å². The van der Waals surface area contributed by atoms with Crippen molar-refractivity contribution >= 4 is 18.0 Å². The van der Waals surface area contributed by atoms with Gasteiger partial charge in [-0.15, -0.1) is 0 Å². The third-order valence-corrected chi connectivity index (χ3v) is 5.14. The molecule has 1 aromatic rings. The molecule has 26 heavy (non-hydrogen) atoms. The number of nitrogens with one attached hydrogen (secondary N) is 1. The second-order valence-electron chi connectivity index (χ2n) is 6.59. The number of hydrogen-bond donors (Lipinski definition) is 1. The highest BCUT2D eigenvalue weighted by Crippen LogP contribution is 2.18. The molecule has 0 aromatic heterocycles. The number of piperidine rings is 1. The van der Waals surface area contributed by atoms with Gasteiger partial charge in [0.2, 0.25) is 0 Å². The number of amidine groups is 1. The van der Waals surface area contributed by atoms with Crippen LogP contribution in [0.3, 0.4) is 0 Å². The molecule has 0 amide bonds. The Balaban J connectivity index is 1.34. The van der Waals surface area contributed by atoms with Crippen molar-refractivity contribution in [2.45, 2.75) is 39.2 Å². The summed E-state index contributed by atoms with van der Waals surface area (Å²) in [4.78, 5) is 2.54. The third-order valence-electron chi connectivity index (χ3n) is 4.48. The second kappa shape index (κ2) is 10.6. The summed E-state index contributed by atoms with van der Waals surface area (Å²) in [6.45, 7) is 7.61. The molecule has 0 unspecified atom stereocenters. The molecule has 0 aliphatic carbocycles. The Morgan fingerprint density at radius 1 is 1.19 bits per heavy atom. The highest BCUT2D eigenvalue weighted by atomic mass is 32.2. The normalized spacial score (nSPS) is 18.0. The smallest absolute Gasteiger partial charge is 0.314 e. The van der Waals surface area contributed by atoms with Gasteiger partial charge in [-0.2, -0.15) is 4.40 Å². The Bertz CT molecular complexity index is 578. The molecule has 0 atom stereocenters. The van der Waals surface area contributed by atoms with Crippen molar-refractivity contribution in [2.24, 2.45) is 4.40 Å². The first-order valence-electron chi connectivity index (χ1n) is 9.63. The van der Waals surface area contributed by atoms with E-state index in [2.05, 4.69) is 32.9 Å². The molecule has 0 radical (unpaired) electrons. The number of likely N-dealkylation sites (tertiary alicyclic amines) is 1. The van der Waals surface area contributed by atoms with Crippen molar-refractivity contribution in [1.29, 1.82) is 0 Å². The standard InChI is InChI=1S/C19H30N4O2S/c1-2-24-19-21-26-16-23(19)20-10-7-13-25-18-9-6-8-17(14-18)15-22-11-4-3-5-12-22/h6,8-9,14,20H,2-5,7,10-13,15-16H2,1H3. The SMILES string of the molecule is CCOC1=NSCN1NCCCOc1cccc(CN2CCCCC2)c1. The van der Waals surface area contributed by atoms with E-state index < -0.39 is 0 Å². The Morgan fingerprint density at radius 2 is 2.08 bits per heavy atom. The van der Waals surface area contributed by atoms with Crippen LogP contribution in [0.2, 0.25) is 0 Å². The van der Waals surface area contributed by atoms with Crippen LogP contribution >= 0.6 is 11.9 Å². The van der Waals surface area contributed by atoms with E-state index in [-0.39, 0.29) is 0 Å². The highest BCUT2D eigenvalue weighted by Gasteiger charge is 2.18. The molecule has 0 spiro atoms. The zero-order valence-electron chi connectivity index (χ0n) is 15.7. The number of ether oxygens (including phenoxy) is 2. The Hall–Kier alpha value is -1.44. The zero-order valence-corrected chi connectivity index (χ0v) is 16.5. The zero-order chi connectivity index (χ0) is 18.0. The van der Waals surface area contributed by atoms with E-state index in [0.29, 0.717) is 19.2 Å². The maximum absolute atomic E-state index is 5.93. The first-order valence-corrected chi connectivity index (χ1v) is 10.6. The molecule has 1 fully saturated rings.